The zero-order chi connectivity index (χ0) is 15.6. The zero-order valence-electron chi connectivity index (χ0n) is 13.1. The fourth-order valence-electron chi connectivity index (χ4n) is 2.23. The van der Waals surface area contributed by atoms with Crippen molar-refractivity contribution >= 4 is 16.9 Å². The van der Waals surface area contributed by atoms with Crippen molar-refractivity contribution in [2.45, 2.75) is 39.3 Å². The summed E-state index contributed by atoms with van der Waals surface area (Å²) in [4.78, 5) is 14.2. The van der Waals surface area contributed by atoms with Gasteiger partial charge in [-0.05, 0) is 33.4 Å². The summed E-state index contributed by atoms with van der Waals surface area (Å²) in [6.07, 6.45) is 1.01. The summed E-state index contributed by atoms with van der Waals surface area (Å²) in [5.74, 6) is 5.15. The summed E-state index contributed by atoms with van der Waals surface area (Å²) in [5.41, 5.74) is 3.77. The molecule has 0 saturated carbocycles. The van der Waals surface area contributed by atoms with Crippen LogP contribution in [0.4, 0.5) is 0 Å². The molecule has 0 aliphatic heterocycles. The first-order valence-corrected chi connectivity index (χ1v) is 7.13. The molecular weight excluding hydrogens is 266 g/mol. The largest absolute Gasteiger partial charge is 0.451 e. The number of benzene rings is 1. The molecule has 114 valence electrons. The summed E-state index contributed by atoms with van der Waals surface area (Å²) in [6, 6.07) is 7.65. The van der Waals surface area contributed by atoms with E-state index in [2.05, 4.69) is 38.1 Å². The molecule has 0 aliphatic carbocycles. The number of rotatable bonds is 5. The summed E-state index contributed by atoms with van der Waals surface area (Å²) >= 11 is 0. The van der Waals surface area contributed by atoms with Crippen molar-refractivity contribution in [3.8, 4) is 0 Å². The molecule has 5 nitrogen and oxygen atoms in total. The molecule has 5 heteroatoms. The van der Waals surface area contributed by atoms with E-state index in [-0.39, 0.29) is 11.3 Å². The van der Waals surface area contributed by atoms with Crippen molar-refractivity contribution in [2.75, 3.05) is 7.05 Å². The number of nitrogens with one attached hydrogen (secondary N) is 1. The molecule has 0 saturated heterocycles. The molecule has 1 amide bonds. The van der Waals surface area contributed by atoms with Gasteiger partial charge in [-0.3, -0.25) is 15.1 Å². The van der Waals surface area contributed by atoms with Crippen LogP contribution in [-0.4, -0.2) is 23.4 Å². The van der Waals surface area contributed by atoms with Crippen LogP contribution < -0.4 is 11.3 Å². The Hall–Kier alpha value is -1.85. The number of hydrogen-bond acceptors (Lipinski definition) is 4. The smallest absolute Gasteiger partial charge is 0.301 e. The molecule has 0 bridgehead atoms. The molecule has 2 aromatic rings. The number of nitrogen functional groups attached to an aromatic ring is 1. The molecule has 0 atom stereocenters. The van der Waals surface area contributed by atoms with Crippen LogP contribution in [0.25, 0.3) is 11.0 Å². The van der Waals surface area contributed by atoms with Crippen molar-refractivity contribution in [2.24, 2.45) is 5.84 Å². The zero-order valence-corrected chi connectivity index (χ0v) is 13.1. The molecule has 0 radical (unpaired) electrons. The Morgan fingerprint density at radius 3 is 2.67 bits per heavy atom. The minimum absolute atomic E-state index is 0.0365. The maximum Gasteiger partial charge on any atom is 0.301 e. The first-order valence-electron chi connectivity index (χ1n) is 7.13. The normalized spacial score (nSPS) is 12.1. The van der Waals surface area contributed by atoms with Gasteiger partial charge in [-0.1, -0.05) is 25.1 Å². The van der Waals surface area contributed by atoms with Crippen molar-refractivity contribution < 1.29 is 9.21 Å². The average Bonchev–Trinajstić information content (AvgIpc) is 2.85. The van der Waals surface area contributed by atoms with Crippen molar-refractivity contribution in [1.29, 1.82) is 0 Å². The maximum atomic E-state index is 12.0. The Kier molecular flexibility index (Phi) is 4.34. The van der Waals surface area contributed by atoms with Crippen LogP contribution in [-0.2, 0) is 6.54 Å². The number of nitrogens with zero attached hydrogens (tertiary/aromatic N) is 1. The van der Waals surface area contributed by atoms with Crippen LogP contribution in [0.5, 0.6) is 0 Å². The minimum Gasteiger partial charge on any atom is -0.451 e. The SMILES string of the molecule is CCC(C)(C)N(C)Cc1c(C(=O)NN)oc2ccccc12. The van der Waals surface area contributed by atoms with E-state index in [1.54, 1.807) is 0 Å². The second-order valence-electron chi connectivity index (χ2n) is 5.90. The monoisotopic (exact) mass is 289 g/mol. The van der Waals surface area contributed by atoms with E-state index in [1.165, 1.54) is 0 Å². The number of fused-ring (bicyclic) bond motifs is 1. The fraction of sp³-hybridized carbons (Fsp3) is 0.438. The number of hydrazine groups is 1. The first kappa shape index (κ1) is 15.5. The molecule has 1 heterocycles. The highest BCUT2D eigenvalue weighted by Crippen LogP contribution is 2.29. The highest BCUT2D eigenvalue weighted by atomic mass is 16.3. The van der Waals surface area contributed by atoms with Crippen LogP contribution in [0.3, 0.4) is 0 Å². The van der Waals surface area contributed by atoms with Gasteiger partial charge in [0, 0.05) is 23.0 Å². The number of para-hydroxylation sites is 1. The van der Waals surface area contributed by atoms with E-state index >= 15 is 0 Å². The number of hydrogen-bond donors (Lipinski definition) is 2. The van der Waals surface area contributed by atoms with Crippen LogP contribution in [0, 0.1) is 0 Å². The predicted octanol–water partition coefficient (Wildman–Crippen LogP) is 2.66. The number of carbonyl (C=O) groups excluding carboxylic acids is 1. The van der Waals surface area contributed by atoms with Crippen LogP contribution in [0.2, 0.25) is 0 Å². The van der Waals surface area contributed by atoms with Gasteiger partial charge in [-0.15, -0.1) is 0 Å². The molecule has 21 heavy (non-hydrogen) atoms. The van der Waals surface area contributed by atoms with Gasteiger partial charge in [-0.2, -0.15) is 0 Å². The number of nitrogens with two attached hydrogens (primary N) is 1. The van der Waals surface area contributed by atoms with E-state index in [9.17, 15) is 4.79 Å². The van der Waals surface area contributed by atoms with Crippen LogP contribution in [0.1, 0.15) is 43.3 Å². The summed E-state index contributed by atoms with van der Waals surface area (Å²) in [5, 5.41) is 0.954. The van der Waals surface area contributed by atoms with Gasteiger partial charge < -0.3 is 4.42 Å². The third-order valence-corrected chi connectivity index (χ3v) is 4.33. The lowest BCUT2D eigenvalue weighted by molar-refractivity contribution is 0.0921. The Morgan fingerprint density at radius 1 is 1.38 bits per heavy atom. The van der Waals surface area contributed by atoms with Gasteiger partial charge in [0.15, 0.2) is 5.76 Å². The predicted molar refractivity (Wildman–Crippen MR) is 83.7 cm³/mol. The van der Waals surface area contributed by atoms with E-state index in [0.717, 1.165) is 17.4 Å². The lowest BCUT2D eigenvalue weighted by Gasteiger charge is -2.34. The number of amides is 1. The van der Waals surface area contributed by atoms with Crippen molar-refractivity contribution in [3.63, 3.8) is 0 Å². The van der Waals surface area contributed by atoms with Crippen LogP contribution >= 0.6 is 0 Å². The molecule has 0 fully saturated rings. The standard InChI is InChI=1S/C16H23N3O2/c1-5-16(2,3)19(4)10-12-11-8-6-7-9-13(11)21-14(12)15(20)18-17/h6-9H,5,10,17H2,1-4H3,(H,18,20). The highest BCUT2D eigenvalue weighted by molar-refractivity contribution is 5.98. The summed E-state index contributed by atoms with van der Waals surface area (Å²) in [7, 11) is 2.05. The molecule has 0 spiro atoms. The lowest BCUT2D eigenvalue weighted by atomic mass is 9.98. The molecule has 1 aromatic heterocycles. The molecule has 0 aliphatic rings. The molecule has 2 rings (SSSR count). The first-order chi connectivity index (χ1) is 9.90. The van der Waals surface area contributed by atoms with Gasteiger partial charge >= 0.3 is 5.91 Å². The Morgan fingerprint density at radius 2 is 2.05 bits per heavy atom. The Balaban J connectivity index is 2.48. The van der Waals surface area contributed by atoms with E-state index in [4.69, 9.17) is 10.3 Å². The van der Waals surface area contributed by atoms with Crippen molar-refractivity contribution in [1.82, 2.24) is 10.3 Å². The third-order valence-electron chi connectivity index (χ3n) is 4.33. The van der Waals surface area contributed by atoms with Gasteiger partial charge in [0.1, 0.15) is 5.58 Å². The molecular formula is C16H23N3O2. The van der Waals surface area contributed by atoms with Crippen LogP contribution in [0.15, 0.2) is 28.7 Å². The quantitative estimate of drug-likeness (QED) is 0.504. The van der Waals surface area contributed by atoms with E-state index < -0.39 is 5.91 Å². The molecule has 0 unspecified atom stereocenters. The number of carbonyl (C=O) groups is 1. The Labute approximate surface area is 125 Å². The molecule has 3 N–H and O–H groups in total. The number of furan rings is 1. The van der Waals surface area contributed by atoms with Gasteiger partial charge in [-0.25, -0.2) is 5.84 Å². The average molecular weight is 289 g/mol. The topological polar surface area (TPSA) is 71.5 Å². The summed E-state index contributed by atoms with van der Waals surface area (Å²) in [6.45, 7) is 7.13. The van der Waals surface area contributed by atoms with E-state index in [0.29, 0.717) is 12.1 Å². The second kappa shape index (κ2) is 5.87. The van der Waals surface area contributed by atoms with Gasteiger partial charge in [0.05, 0.1) is 0 Å². The lowest BCUT2D eigenvalue weighted by Crippen LogP contribution is -2.40. The highest BCUT2D eigenvalue weighted by Gasteiger charge is 2.26. The molecule has 1 aromatic carbocycles. The van der Waals surface area contributed by atoms with Gasteiger partial charge in [0.2, 0.25) is 0 Å². The maximum absolute atomic E-state index is 12.0. The third kappa shape index (κ3) is 2.94. The van der Waals surface area contributed by atoms with Gasteiger partial charge in [0.25, 0.3) is 0 Å². The Bertz CT molecular complexity index is 646. The minimum atomic E-state index is -0.399. The second-order valence-corrected chi connectivity index (χ2v) is 5.90. The fourth-order valence-corrected chi connectivity index (χ4v) is 2.23. The van der Waals surface area contributed by atoms with Crippen molar-refractivity contribution in [3.05, 3.63) is 35.6 Å². The summed E-state index contributed by atoms with van der Waals surface area (Å²) < 4.78 is 5.68. The van der Waals surface area contributed by atoms with E-state index in [1.807, 2.05) is 24.3 Å².